The van der Waals surface area contributed by atoms with Gasteiger partial charge in [-0.15, -0.1) is 0 Å². The van der Waals surface area contributed by atoms with Gasteiger partial charge in [0.15, 0.2) is 5.75 Å². The van der Waals surface area contributed by atoms with Gasteiger partial charge in [-0.25, -0.2) is 9.97 Å². The van der Waals surface area contributed by atoms with Crippen molar-refractivity contribution in [1.29, 1.82) is 0 Å². The molecule has 0 bridgehead atoms. The highest BCUT2D eigenvalue weighted by molar-refractivity contribution is 5.41. The van der Waals surface area contributed by atoms with Crippen molar-refractivity contribution in [3.05, 3.63) is 36.3 Å². The van der Waals surface area contributed by atoms with E-state index < -0.39 is 0 Å². The van der Waals surface area contributed by atoms with Crippen LogP contribution >= 0.6 is 0 Å². The molecule has 6 nitrogen and oxygen atoms in total. The number of nitrogens with zero attached hydrogens (tertiary/aromatic N) is 2. The third-order valence-corrected chi connectivity index (χ3v) is 4.63. The number of ether oxygens (including phenoxy) is 2. The molecular weight excluding hydrogens is 304 g/mol. The maximum absolute atomic E-state index is 5.83. The summed E-state index contributed by atoms with van der Waals surface area (Å²) in [5.41, 5.74) is 1.03. The standard InChI is InChI=1S/C18H24N4O2/c1-2-13(1)12-24-16-9-20-18(21-10-16)22-15-5-3-14(4-6-15)17-11-19-7-8-23-17/h3,5-6,9-10,13-14,17,19H,1-2,4,7-8,11-12H2,(H,20,21,22)/t14?,17-/m1/s1. The third kappa shape index (κ3) is 4.13. The summed E-state index contributed by atoms with van der Waals surface area (Å²) >= 11 is 0. The normalized spacial score (nSPS) is 26.8. The zero-order valence-electron chi connectivity index (χ0n) is 13.8. The van der Waals surface area contributed by atoms with Crippen LogP contribution in [0.25, 0.3) is 0 Å². The summed E-state index contributed by atoms with van der Waals surface area (Å²) in [4.78, 5) is 8.65. The first-order valence-electron chi connectivity index (χ1n) is 8.79. The molecule has 1 aromatic heterocycles. The summed E-state index contributed by atoms with van der Waals surface area (Å²) < 4.78 is 11.5. The number of rotatable bonds is 6. The second kappa shape index (κ2) is 7.32. The number of morpholine rings is 1. The molecule has 2 N–H and O–H groups in total. The fourth-order valence-corrected chi connectivity index (χ4v) is 2.95. The average Bonchev–Trinajstić information content (AvgIpc) is 3.47. The molecule has 0 amide bonds. The fourth-order valence-electron chi connectivity index (χ4n) is 2.95. The number of aromatic nitrogens is 2. The van der Waals surface area contributed by atoms with Gasteiger partial charge in [0.1, 0.15) is 0 Å². The molecule has 3 aliphatic rings. The summed E-state index contributed by atoms with van der Waals surface area (Å²) in [7, 11) is 0. The Morgan fingerprint density at radius 3 is 2.83 bits per heavy atom. The van der Waals surface area contributed by atoms with Crippen LogP contribution in [0.3, 0.4) is 0 Å². The van der Waals surface area contributed by atoms with Crippen molar-refractivity contribution in [2.45, 2.75) is 25.4 Å². The average molecular weight is 328 g/mol. The predicted octanol–water partition coefficient (Wildman–Crippen LogP) is 2.13. The molecule has 1 unspecified atom stereocenters. The molecular formula is C18H24N4O2. The van der Waals surface area contributed by atoms with Crippen LogP contribution in [-0.4, -0.2) is 42.4 Å². The van der Waals surface area contributed by atoms with Gasteiger partial charge in [-0.05, 0) is 31.3 Å². The lowest BCUT2D eigenvalue weighted by Gasteiger charge is -2.30. The van der Waals surface area contributed by atoms with E-state index in [1.54, 1.807) is 12.4 Å². The second-order valence-electron chi connectivity index (χ2n) is 6.65. The molecule has 24 heavy (non-hydrogen) atoms. The monoisotopic (exact) mass is 328 g/mol. The van der Waals surface area contributed by atoms with Gasteiger partial charge in [-0.1, -0.05) is 12.2 Å². The van der Waals surface area contributed by atoms with Crippen LogP contribution in [-0.2, 0) is 4.74 Å². The molecule has 2 fully saturated rings. The summed E-state index contributed by atoms with van der Waals surface area (Å²) in [6.45, 7) is 3.46. The molecule has 128 valence electrons. The lowest BCUT2D eigenvalue weighted by Crippen LogP contribution is -2.42. The van der Waals surface area contributed by atoms with E-state index in [9.17, 15) is 0 Å². The van der Waals surface area contributed by atoms with E-state index in [1.165, 1.54) is 12.8 Å². The van der Waals surface area contributed by atoms with Crippen LogP contribution in [0, 0.1) is 11.8 Å². The van der Waals surface area contributed by atoms with Crippen molar-refractivity contribution in [3.63, 3.8) is 0 Å². The van der Waals surface area contributed by atoms with Crippen LogP contribution in [0.1, 0.15) is 19.3 Å². The van der Waals surface area contributed by atoms with Crippen LogP contribution in [0.5, 0.6) is 5.75 Å². The summed E-state index contributed by atoms with van der Waals surface area (Å²) in [6, 6.07) is 0. The smallest absolute Gasteiger partial charge is 0.227 e. The van der Waals surface area contributed by atoms with E-state index in [4.69, 9.17) is 9.47 Å². The lowest BCUT2D eigenvalue weighted by atomic mass is 9.93. The molecule has 4 rings (SSSR count). The van der Waals surface area contributed by atoms with Crippen molar-refractivity contribution >= 4 is 5.95 Å². The van der Waals surface area contributed by atoms with Crippen molar-refractivity contribution in [2.24, 2.45) is 11.8 Å². The van der Waals surface area contributed by atoms with Crippen LogP contribution in [0.4, 0.5) is 5.95 Å². The molecule has 2 heterocycles. The summed E-state index contributed by atoms with van der Waals surface area (Å²) in [5, 5.41) is 6.63. The van der Waals surface area contributed by atoms with Crippen LogP contribution in [0.15, 0.2) is 36.3 Å². The quantitative estimate of drug-likeness (QED) is 0.834. The highest BCUT2D eigenvalue weighted by Crippen LogP contribution is 2.29. The summed E-state index contributed by atoms with van der Waals surface area (Å²) in [6.07, 6.45) is 13.8. The first-order chi connectivity index (χ1) is 11.9. The largest absolute Gasteiger partial charge is 0.490 e. The van der Waals surface area contributed by atoms with Gasteiger partial charge in [-0.2, -0.15) is 0 Å². The molecule has 2 atom stereocenters. The minimum Gasteiger partial charge on any atom is -0.490 e. The van der Waals surface area contributed by atoms with Gasteiger partial charge in [0.05, 0.1) is 31.7 Å². The maximum Gasteiger partial charge on any atom is 0.227 e. The Bertz CT molecular complexity index is 604. The molecule has 1 aliphatic heterocycles. The molecule has 1 aromatic rings. The number of allylic oxidation sites excluding steroid dienone is 2. The molecule has 0 radical (unpaired) electrons. The topological polar surface area (TPSA) is 68.3 Å². The summed E-state index contributed by atoms with van der Waals surface area (Å²) in [5.74, 6) is 2.50. The minimum atomic E-state index is 0.270. The van der Waals surface area contributed by atoms with Gasteiger partial charge in [0, 0.05) is 24.7 Å². The van der Waals surface area contributed by atoms with E-state index in [1.807, 2.05) is 0 Å². The Morgan fingerprint density at radius 2 is 2.17 bits per heavy atom. The Morgan fingerprint density at radius 1 is 1.29 bits per heavy atom. The Kier molecular flexibility index (Phi) is 4.76. The Balaban J connectivity index is 1.27. The van der Waals surface area contributed by atoms with Gasteiger partial charge in [0.2, 0.25) is 5.95 Å². The first-order valence-corrected chi connectivity index (χ1v) is 8.79. The number of nitrogens with one attached hydrogen (secondary N) is 2. The maximum atomic E-state index is 5.83. The molecule has 1 saturated heterocycles. The van der Waals surface area contributed by atoms with Gasteiger partial charge in [-0.3, -0.25) is 0 Å². The number of hydrogen-bond acceptors (Lipinski definition) is 6. The number of hydrogen-bond donors (Lipinski definition) is 2. The van der Waals surface area contributed by atoms with Crippen molar-refractivity contribution in [1.82, 2.24) is 15.3 Å². The molecule has 2 aliphatic carbocycles. The SMILES string of the molecule is C1=CC([C@H]2CNCCO2)CC=C1Nc1ncc(OCC2CC2)cn1. The van der Waals surface area contributed by atoms with Gasteiger partial charge in [0.25, 0.3) is 0 Å². The molecule has 6 heteroatoms. The predicted molar refractivity (Wildman–Crippen MR) is 91.8 cm³/mol. The second-order valence-corrected chi connectivity index (χ2v) is 6.65. The zero-order chi connectivity index (χ0) is 16.2. The van der Waals surface area contributed by atoms with E-state index in [0.29, 0.717) is 11.9 Å². The molecule has 0 spiro atoms. The van der Waals surface area contributed by atoms with Gasteiger partial charge < -0.3 is 20.1 Å². The van der Waals surface area contributed by atoms with E-state index >= 15 is 0 Å². The molecule has 0 aromatic carbocycles. The Labute approximate surface area is 142 Å². The van der Waals surface area contributed by atoms with E-state index in [2.05, 4.69) is 38.8 Å². The van der Waals surface area contributed by atoms with Crippen LogP contribution in [0.2, 0.25) is 0 Å². The highest BCUT2D eigenvalue weighted by Gasteiger charge is 2.23. The highest BCUT2D eigenvalue weighted by atomic mass is 16.5. The zero-order valence-corrected chi connectivity index (χ0v) is 13.8. The van der Waals surface area contributed by atoms with E-state index in [0.717, 1.165) is 50.1 Å². The van der Waals surface area contributed by atoms with Crippen molar-refractivity contribution < 1.29 is 9.47 Å². The van der Waals surface area contributed by atoms with E-state index in [-0.39, 0.29) is 6.10 Å². The van der Waals surface area contributed by atoms with Gasteiger partial charge >= 0.3 is 0 Å². The van der Waals surface area contributed by atoms with Crippen LogP contribution < -0.4 is 15.4 Å². The van der Waals surface area contributed by atoms with Crippen molar-refractivity contribution in [3.8, 4) is 5.75 Å². The molecule has 1 saturated carbocycles. The number of anilines is 1. The first kappa shape index (κ1) is 15.6. The Hall–Kier alpha value is -1.92. The van der Waals surface area contributed by atoms with Crippen molar-refractivity contribution in [2.75, 3.05) is 31.6 Å². The lowest BCUT2D eigenvalue weighted by molar-refractivity contribution is 0.00355. The fraction of sp³-hybridized carbons (Fsp3) is 0.556. The third-order valence-electron chi connectivity index (χ3n) is 4.63. The minimum absolute atomic E-state index is 0.270.